The topological polar surface area (TPSA) is 20.2 Å². The van der Waals surface area contributed by atoms with Crippen molar-refractivity contribution in [2.45, 2.75) is 0 Å². The van der Waals surface area contributed by atoms with Crippen LogP contribution >= 0.6 is 0 Å². The summed E-state index contributed by atoms with van der Waals surface area (Å²) in [6, 6.07) is 9.98. The quantitative estimate of drug-likeness (QED) is 0.717. The Hall–Kier alpha value is -1.60. The van der Waals surface area contributed by atoms with Gasteiger partial charge in [-0.1, -0.05) is 61.2 Å². The third kappa shape index (κ3) is 3.42. The van der Waals surface area contributed by atoms with Crippen LogP contribution < -0.4 is 0 Å². The van der Waals surface area contributed by atoms with Crippen LogP contribution in [0.1, 0.15) is 5.56 Å². The molecule has 0 saturated carbocycles. The number of aliphatic hydroxyl groups is 1. The van der Waals surface area contributed by atoms with Crippen LogP contribution in [0, 0.1) is 0 Å². The molecule has 14 heavy (non-hydrogen) atoms. The molecule has 0 atom stereocenters. The Labute approximate surface area is 84.7 Å². The van der Waals surface area contributed by atoms with Crippen molar-refractivity contribution in [3.05, 3.63) is 66.8 Å². The van der Waals surface area contributed by atoms with Crippen molar-refractivity contribution in [3.63, 3.8) is 0 Å². The van der Waals surface area contributed by atoms with Gasteiger partial charge in [0.1, 0.15) is 0 Å². The summed E-state index contributed by atoms with van der Waals surface area (Å²) in [5, 5.41) is 8.51. The van der Waals surface area contributed by atoms with E-state index in [0.29, 0.717) is 0 Å². The van der Waals surface area contributed by atoms with E-state index in [1.165, 1.54) is 0 Å². The van der Waals surface area contributed by atoms with Gasteiger partial charge in [-0.15, -0.1) is 0 Å². The molecule has 0 spiro atoms. The van der Waals surface area contributed by atoms with Gasteiger partial charge in [0.25, 0.3) is 0 Å². The zero-order chi connectivity index (χ0) is 10.2. The van der Waals surface area contributed by atoms with Gasteiger partial charge in [-0.3, -0.25) is 0 Å². The zero-order valence-electron chi connectivity index (χ0n) is 8.06. The maximum absolute atomic E-state index is 8.51. The predicted octanol–water partition coefficient (Wildman–Crippen LogP) is 2.80. The van der Waals surface area contributed by atoms with Crippen LogP contribution in [-0.2, 0) is 0 Å². The fourth-order valence-electron chi connectivity index (χ4n) is 1.06. The Bertz CT molecular complexity index is 334. The monoisotopic (exact) mass is 186 g/mol. The fourth-order valence-corrected chi connectivity index (χ4v) is 1.06. The zero-order valence-corrected chi connectivity index (χ0v) is 8.06. The molecule has 1 nitrogen and oxygen atoms in total. The Kier molecular flexibility index (Phi) is 4.45. The van der Waals surface area contributed by atoms with E-state index < -0.39 is 0 Å². The first-order valence-corrected chi connectivity index (χ1v) is 4.53. The SMILES string of the molecule is C=C(/C=C\C=C/CO)c1ccccc1. The van der Waals surface area contributed by atoms with Gasteiger partial charge in [-0.2, -0.15) is 0 Å². The van der Waals surface area contributed by atoms with Crippen LogP contribution in [0.15, 0.2) is 61.2 Å². The van der Waals surface area contributed by atoms with Gasteiger partial charge in [0, 0.05) is 0 Å². The average molecular weight is 186 g/mol. The molecule has 1 heteroatoms. The molecule has 0 fully saturated rings. The molecule has 0 heterocycles. The Morgan fingerprint density at radius 1 is 1.21 bits per heavy atom. The number of benzene rings is 1. The first kappa shape index (κ1) is 10.5. The number of hydrogen-bond donors (Lipinski definition) is 1. The lowest BCUT2D eigenvalue weighted by Gasteiger charge is -1.97. The molecule has 0 aliphatic heterocycles. The van der Waals surface area contributed by atoms with Crippen molar-refractivity contribution in [2.24, 2.45) is 0 Å². The van der Waals surface area contributed by atoms with Crippen molar-refractivity contribution < 1.29 is 5.11 Å². The molecule has 0 amide bonds. The van der Waals surface area contributed by atoms with Gasteiger partial charge in [-0.05, 0) is 11.1 Å². The number of hydrogen-bond acceptors (Lipinski definition) is 1. The van der Waals surface area contributed by atoms with Crippen LogP contribution in [0.25, 0.3) is 5.57 Å². The smallest absolute Gasteiger partial charge is 0.0615 e. The summed E-state index contributed by atoms with van der Waals surface area (Å²) in [6.07, 6.45) is 7.26. The second-order valence-corrected chi connectivity index (χ2v) is 2.86. The summed E-state index contributed by atoms with van der Waals surface area (Å²) in [6.45, 7) is 4.01. The molecule has 1 N–H and O–H groups in total. The molecule has 0 saturated heterocycles. The van der Waals surface area contributed by atoms with Crippen LogP contribution in [0.3, 0.4) is 0 Å². The second kappa shape index (κ2) is 5.95. The highest BCUT2D eigenvalue weighted by Crippen LogP contribution is 2.12. The van der Waals surface area contributed by atoms with E-state index in [0.717, 1.165) is 11.1 Å². The maximum Gasteiger partial charge on any atom is 0.0615 e. The standard InChI is InChI=1S/C13H14O/c1-12(8-4-3-7-11-14)13-9-5-2-6-10-13/h2-10,14H,1,11H2/b7-3-,8-4-. The lowest BCUT2D eigenvalue weighted by Crippen LogP contribution is -1.76. The van der Waals surface area contributed by atoms with E-state index in [2.05, 4.69) is 6.58 Å². The fraction of sp³-hybridized carbons (Fsp3) is 0.0769. The molecule has 72 valence electrons. The largest absolute Gasteiger partial charge is 0.392 e. The molecule has 0 aromatic heterocycles. The number of rotatable bonds is 4. The summed E-state index contributed by atoms with van der Waals surface area (Å²) in [5.41, 5.74) is 2.08. The van der Waals surface area contributed by atoms with Crippen molar-refractivity contribution in [3.8, 4) is 0 Å². The van der Waals surface area contributed by atoms with E-state index in [9.17, 15) is 0 Å². The highest BCUT2D eigenvalue weighted by atomic mass is 16.2. The predicted molar refractivity (Wildman–Crippen MR) is 60.8 cm³/mol. The Morgan fingerprint density at radius 2 is 1.93 bits per heavy atom. The normalized spacial score (nSPS) is 11.2. The highest BCUT2D eigenvalue weighted by Gasteiger charge is 1.90. The van der Waals surface area contributed by atoms with E-state index >= 15 is 0 Å². The molecule has 1 rings (SSSR count). The van der Waals surface area contributed by atoms with Gasteiger partial charge in [-0.25, -0.2) is 0 Å². The van der Waals surface area contributed by atoms with Gasteiger partial charge >= 0.3 is 0 Å². The minimum atomic E-state index is 0.0716. The molecule has 0 radical (unpaired) electrons. The number of aliphatic hydroxyl groups excluding tert-OH is 1. The Balaban J connectivity index is 2.59. The van der Waals surface area contributed by atoms with Crippen molar-refractivity contribution in [1.82, 2.24) is 0 Å². The van der Waals surface area contributed by atoms with Crippen LogP contribution in [0.5, 0.6) is 0 Å². The van der Waals surface area contributed by atoms with Gasteiger partial charge < -0.3 is 5.11 Å². The van der Waals surface area contributed by atoms with Gasteiger partial charge in [0.2, 0.25) is 0 Å². The molecule has 1 aromatic carbocycles. The Morgan fingerprint density at radius 3 is 2.57 bits per heavy atom. The summed E-state index contributed by atoms with van der Waals surface area (Å²) < 4.78 is 0. The van der Waals surface area contributed by atoms with Crippen molar-refractivity contribution in [1.29, 1.82) is 0 Å². The van der Waals surface area contributed by atoms with Crippen LogP contribution in [0.4, 0.5) is 0 Å². The second-order valence-electron chi connectivity index (χ2n) is 2.86. The van der Waals surface area contributed by atoms with E-state index in [4.69, 9.17) is 5.11 Å². The van der Waals surface area contributed by atoms with Gasteiger partial charge in [0.15, 0.2) is 0 Å². The van der Waals surface area contributed by atoms with E-state index in [-0.39, 0.29) is 6.61 Å². The molecule has 0 unspecified atom stereocenters. The molecule has 0 aliphatic carbocycles. The summed E-state index contributed by atoms with van der Waals surface area (Å²) >= 11 is 0. The first-order chi connectivity index (χ1) is 6.84. The number of allylic oxidation sites excluding steroid dienone is 4. The highest BCUT2D eigenvalue weighted by molar-refractivity contribution is 5.72. The third-order valence-corrected chi connectivity index (χ3v) is 1.79. The third-order valence-electron chi connectivity index (χ3n) is 1.79. The summed E-state index contributed by atoms with van der Waals surface area (Å²) in [5.74, 6) is 0. The lowest BCUT2D eigenvalue weighted by molar-refractivity contribution is 0.343. The summed E-state index contributed by atoms with van der Waals surface area (Å²) in [4.78, 5) is 0. The van der Waals surface area contributed by atoms with Crippen LogP contribution in [0.2, 0.25) is 0 Å². The lowest BCUT2D eigenvalue weighted by atomic mass is 10.1. The van der Waals surface area contributed by atoms with E-state index in [1.54, 1.807) is 12.2 Å². The minimum Gasteiger partial charge on any atom is -0.392 e. The molecule has 0 bridgehead atoms. The molecular formula is C13H14O. The molecule has 0 aliphatic rings. The molecular weight excluding hydrogens is 172 g/mol. The summed E-state index contributed by atoms with van der Waals surface area (Å²) in [7, 11) is 0. The van der Waals surface area contributed by atoms with E-state index in [1.807, 2.05) is 42.5 Å². The first-order valence-electron chi connectivity index (χ1n) is 4.53. The molecule has 1 aromatic rings. The minimum absolute atomic E-state index is 0.0716. The van der Waals surface area contributed by atoms with Gasteiger partial charge in [0.05, 0.1) is 6.61 Å². The average Bonchev–Trinajstić information content (AvgIpc) is 2.25. The maximum atomic E-state index is 8.51. The van der Waals surface area contributed by atoms with Crippen molar-refractivity contribution >= 4 is 5.57 Å². The van der Waals surface area contributed by atoms with Crippen LogP contribution in [-0.4, -0.2) is 11.7 Å². The van der Waals surface area contributed by atoms with Crippen molar-refractivity contribution in [2.75, 3.05) is 6.61 Å².